The topological polar surface area (TPSA) is 161 Å². The second kappa shape index (κ2) is 16.2. The lowest BCUT2D eigenvalue weighted by Crippen LogP contribution is -2.54. The number of hydrogen-bond acceptors (Lipinski definition) is 12. The summed E-state index contributed by atoms with van der Waals surface area (Å²) in [5.41, 5.74) is 12.8. The van der Waals surface area contributed by atoms with E-state index in [1.54, 1.807) is 29.3 Å². The number of likely N-dealkylation sites (tertiary alicyclic amines) is 1. The van der Waals surface area contributed by atoms with Gasteiger partial charge in [-0.1, -0.05) is 12.1 Å². The fraction of sp³-hybridized carbons (Fsp3) is 0.479. The largest absolute Gasteiger partial charge is 0.507 e. The number of anilines is 5. The number of piperidine rings is 2. The number of carbonyl (C=O) groups excluding carboxylic acids is 2. The normalized spacial score (nSPS) is 24.1. The number of phenols is 1. The second-order valence-corrected chi connectivity index (χ2v) is 19.0. The van der Waals surface area contributed by atoms with Gasteiger partial charge in [0.25, 0.3) is 0 Å². The first kappa shape index (κ1) is 40.8. The molecule has 3 unspecified atom stereocenters. The fourth-order valence-corrected chi connectivity index (χ4v) is 11.6. The summed E-state index contributed by atoms with van der Waals surface area (Å²) in [5.74, 6) is 0.689. The van der Waals surface area contributed by atoms with E-state index in [0.29, 0.717) is 47.5 Å². The highest BCUT2D eigenvalue weighted by molar-refractivity contribution is 6.06. The number of fused-ring (bicyclic) bond motifs is 3. The summed E-state index contributed by atoms with van der Waals surface area (Å²) in [6, 6.07) is 17.0. The Morgan fingerprint density at radius 1 is 0.891 bits per heavy atom. The van der Waals surface area contributed by atoms with Crippen molar-refractivity contribution < 1.29 is 23.8 Å². The van der Waals surface area contributed by atoms with Crippen LogP contribution in [0.5, 0.6) is 5.75 Å². The number of nitrogens with zero attached hydrogens (tertiary/aromatic N) is 9. The van der Waals surface area contributed by atoms with E-state index in [1.165, 1.54) is 0 Å². The molecule has 6 aliphatic heterocycles. The number of hydrogen-bond donors (Lipinski definition) is 3. The third kappa shape index (κ3) is 7.43. The standard InChI is InChI=1S/C48H56FN11O4/c1-30-25-59(46-38(30)20-35(24-51-46)58-17-12-44(62)52-47(58)63)36-23-48(64-29-36)13-18-55(19-14-48)26-31-10-15-56(16-11-31)41-21-32(8-9-39(41)49)60-33-6-7-34(60)28-57(27-33)42-22-40(53-54-45(42)50)37-4-2-3-5-43(37)61/h2-5,8-9,20-22,24-25,31,33-34,36,61H,6-7,10-19,23,26-29H2,1H3,(H2,50,54)(H,52,62,63). The van der Waals surface area contributed by atoms with Gasteiger partial charge in [0, 0.05) is 93.7 Å². The monoisotopic (exact) mass is 869 g/mol. The van der Waals surface area contributed by atoms with Crippen molar-refractivity contribution in [3.05, 3.63) is 78.4 Å². The van der Waals surface area contributed by atoms with Crippen LogP contribution in [0.3, 0.4) is 0 Å². The van der Waals surface area contributed by atoms with E-state index in [-0.39, 0.29) is 47.6 Å². The average Bonchev–Trinajstić information content (AvgIpc) is 3.95. The third-order valence-corrected chi connectivity index (χ3v) is 15.1. The molecular weight excluding hydrogens is 814 g/mol. The number of nitrogen functional groups attached to an aromatic ring is 1. The molecule has 6 saturated heterocycles. The predicted octanol–water partition coefficient (Wildman–Crippen LogP) is 6.25. The SMILES string of the molecule is Cc1cn(C2COC3(CCN(CC4CCN(c5cc(N6C7CCC6CN(c6cc(-c8ccccc8O)nnc6N)C7)ccc5F)CC4)CC3)C2)c2ncc(N3CCC(=O)NC3=O)cc12. The number of urea groups is 1. The molecule has 3 atom stereocenters. The van der Waals surface area contributed by atoms with Crippen LogP contribution in [0.15, 0.2) is 67.0 Å². The zero-order chi connectivity index (χ0) is 43.7. The smallest absolute Gasteiger partial charge is 0.328 e. The lowest BCUT2D eigenvalue weighted by atomic mass is 9.86. The maximum absolute atomic E-state index is 15.6. The summed E-state index contributed by atoms with van der Waals surface area (Å²) in [6.45, 7) is 9.37. The Kier molecular flexibility index (Phi) is 10.3. The number of rotatable bonds is 8. The number of nitrogens with two attached hydrogens (primary N) is 1. The van der Waals surface area contributed by atoms with Crippen LogP contribution < -0.4 is 30.7 Å². The molecule has 11 rings (SSSR count). The van der Waals surface area contributed by atoms with Crippen molar-refractivity contribution in [2.24, 2.45) is 5.92 Å². The highest BCUT2D eigenvalue weighted by Gasteiger charge is 2.45. The van der Waals surface area contributed by atoms with Crippen LogP contribution in [0.2, 0.25) is 0 Å². The van der Waals surface area contributed by atoms with Crippen molar-refractivity contribution in [3.63, 3.8) is 0 Å². The minimum Gasteiger partial charge on any atom is -0.507 e. The van der Waals surface area contributed by atoms with E-state index in [9.17, 15) is 14.7 Å². The van der Waals surface area contributed by atoms with Crippen LogP contribution in [0.1, 0.15) is 63.0 Å². The van der Waals surface area contributed by atoms with E-state index in [1.807, 2.05) is 30.3 Å². The number of para-hydroxylation sites is 1. The van der Waals surface area contributed by atoms with Crippen LogP contribution in [0, 0.1) is 18.7 Å². The van der Waals surface area contributed by atoms with Crippen LogP contribution >= 0.6 is 0 Å². The zero-order valence-corrected chi connectivity index (χ0v) is 36.3. The highest BCUT2D eigenvalue weighted by Crippen LogP contribution is 2.44. The van der Waals surface area contributed by atoms with Gasteiger partial charge in [0.15, 0.2) is 5.82 Å². The number of aromatic hydroxyl groups is 1. The van der Waals surface area contributed by atoms with Gasteiger partial charge < -0.3 is 39.7 Å². The van der Waals surface area contributed by atoms with Gasteiger partial charge in [-0.3, -0.25) is 15.0 Å². The van der Waals surface area contributed by atoms with Gasteiger partial charge in [0.1, 0.15) is 17.2 Å². The van der Waals surface area contributed by atoms with Crippen molar-refractivity contribution in [2.45, 2.75) is 82.0 Å². The molecule has 3 aromatic heterocycles. The van der Waals surface area contributed by atoms with Gasteiger partial charge in [-0.25, -0.2) is 14.2 Å². The molecule has 9 heterocycles. The number of phenolic OH excluding ortho intramolecular Hbond substituents is 1. The summed E-state index contributed by atoms with van der Waals surface area (Å²) >= 11 is 0. The molecule has 16 heteroatoms. The fourth-order valence-electron chi connectivity index (χ4n) is 11.6. The Labute approximate surface area is 372 Å². The summed E-state index contributed by atoms with van der Waals surface area (Å²) in [7, 11) is 0. The molecule has 3 amide bonds. The van der Waals surface area contributed by atoms with E-state index >= 15 is 4.39 Å². The average molecular weight is 870 g/mol. The molecular formula is C48H56FN11O4. The van der Waals surface area contributed by atoms with E-state index in [0.717, 1.165) is 119 Å². The lowest BCUT2D eigenvalue weighted by Gasteiger charge is -2.44. The number of benzene rings is 2. The number of piperazine rings is 1. The zero-order valence-electron chi connectivity index (χ0n) is 36.3. The molecule has 2 aromatic carbocycles. The van der Waals surface area contributed by atoms with Gasteiger partial charge >= 0.3 is 6.03 Å². The number of carbonyl (C=O) groups is 2. The predicted molar refractivity (Wildman–Crippen MR) is 244 cm³/mol. The lowest BCUT2D eigenvalue weighted by molar-refractivity contribution is -0.120. The van der Waals surface area contributed by atoms with Crippen molar-refractivity contribution in [1.82, 2.24) is 30.0 Å². The maximum atomic E-state index is 15.6. The van der Waals surface area contributed by atoms with E-state index in [2.05, 4.69) is 58.9 Å². The number of nitrogens with one attached hydrogen (secondary N) is 1. The summed E-state index contributed by atoms with van der Waals surface area (Å²) in [5, 5.41) is 22.4. The van der Waals surface area contributed by atoms with Crippen LogP contribution in [-0.4, -0.2) is 118 Å². The van der Waals surface area contributed by atoms with Crippen molar-refractivity contribution in [2.75, 3.05) is 84.3 Å². The summed E-state index contributed by atoms with van der Waals surface area (Å²) in [6.07, 6.45) is 11.3. The van der Waals surface area contributed by atoms with Crippen molar-refractivity contribution in [3.8, 4) is 17.0 Å². The van der Waals surface area contributed by atoms with Gasteiger partial charge in [-0.2, -0.15) is 0 Å². The van der Waals surface area contributed by atoms with Crippen molar-refractivity contribution in [1.29, 1.82) is 0 Å². The molecule has 64 heavy (non-hydrogen) atoms. The number of aryl methyl sites for hydroxylation is 1. The molecule has 15 nitrogen and oxygen atoms in total. The Morgan fingerprint density at radius 2 is 1.67 bits per heavy atom. The molecule has 334 valence electrons. The third-order valence-electron chi connectivity index (χ3n) is 15.1. The number of imide groups is 1. The molecule has 6 fully saturated rings. The van der Waals surface area contributed by atoms with Crippen LogP contribution in [0.4, 0.5) is 37.8 Å². The van der Waals surface area contributed by atoms with Gasteiger partial charge in [-0.05, 0) is 106 Å². The molecule has 2 bridgehead atoms. The number of halogens is 1. The van der Waals surface area contributed by atoms with Crippen LogP contribution in [0.25, 0.3) is 22.3 Å². The van der Waals surface area contributed by atoms with Gasteiger partial charge in [0.05, 0.1) is 47.2 Å². The van der Waals surface area contributed by atoms with Crippen LogP contribution in [-0.2, 0) is 9.53 Å². The number of amides is 3. The molecule has 1 spiro atoms. The molecule has 6 aliphatic rings. The highest BCUT2D eigenvalue weighted by atomic mass is 19.1. The molecule has 0 saturated carbocycles. The molecule has 0 radical (unpaired) electrons. The van der Waals surface area contributed by atoms with Gasteiger partial charge in [0.2, 0.25) is 5.91 Å². The Bertz CT molecular complexity index is 2590. The van der Waals surface area contributed by atoms with E-state index < -0.39 is 6.03 Å². The minimum absolute atomic E-state index is 0.136. The summed E-state index contributed by atoms with van der Waals surface area (Å²) in [4.78, 5) is 40.3. The van der Waals surface area contributed by atoms with Gasteiger partial charge in [-0.15, -0.1) is 10.2 Å². The molecule has 4 N–H and O–H groups in total. The minimum atomic E-state index is -0.404. The number of aromatic nitrogens is 4. The van der Waals surface area contributed by atoms with Crippen molar-refractivity contribution >= 4 is 51.5 Å². The summed E-state index contributed by atoms with van der Waals surface area (Å²) < 4.78 is 24.6. The Hall–Kier alpha value is -6.00. The first-order valence-electron chi connectivity index (χ1n) is 23.0. The Balaban J connectivity index is 0.683. The first-order chi connectivity index (χ1) is 31.1. The quantitative estimate of drug-likeness (QED) is 0.161. The number of ether oxygens (including phenoxy) is 1. The first-order valence-corrected chi connectivity index (χ1v) is 23.0. The molecule has 0 aliphatic carbocycles. The second-order valence-electron chi connectivity index (χ2n) is 19.0. The Morgan fingerprint density at radius 3 is 2.44 bits per heavy atom. The van der Waals surface area contributed by atoms with E-state index in [4.69, 9.17) is 15.5 Å². The number of pyridine rings is 1. The maximum Gasteiger partial charge on any atom is 0.328 e. The molecule has 5 aromatic rings.